The van der Waals surface area contributed by atoms with E-state index >= 15 is 0 Å². The predicted molar refractivity (Wildman–Crippen MR) is 293 cm³/mol. The van der Waals surface area contributed by atoms with E-state index in [9.17, 15) is 48.4 Å². The van der Waals surface area contributed by atoms with Gasteiger partial charge in [0.05, 0.1) is 50.0 Å². The van der Waals surface area contributed by atoms with E-state index in [4.69, 9.17) is 4.74 Å². The number of aliphatic carboxylic acids is 1. The summed E-state index contributed by atoms with van der Waals surface area (Å²) >= 11 is 0. The van der Waals surface area contributed by atoms with Gasteiger partial charge >= 0.3 is 11.9 Å². The SMILES string of the molecule is CCOC(=O)CN(c1cnc(N(C)S(=O)(=O)c2ccc(C)cc2)c2ccccc12)S(=O)(=O)c1ccc(C)cc1.Cc1ccc(S(=O)(=O)N(C)c2ncc(N(CC(=O)O)S(=O)(=O)c3ccc(C)cc3)c3ccccc23)cc1. The first-order chi connectivity index (χ1) is 35.9. The Morgan fingerprint density at radius 2 is 0.737 bits per heavy atom. The molecule has 0 aliphatic rings. The minimum atomic E-state index is -4.29. The first-order valence-electron chi connectivity index (χ1n) is 23.3. The molecule has 0 saturated heterocycles. The van der Waals surface area contributed by atoms with Crippen LogP contribution in [0, 0.1) is 27.7 Å². The highest BCUT2D eigenvalue weighted by molar-refractivity contribution is 7.93. The maximum Gasteiger partial charge on any atom is 0.326 e. The lowest BCUT2D eigenvalue weighted by Gasteiger charge is -2.26. The molecule has 8 rings (SSSR count). The molecule has 0 amide bonds. The average molecular weight is 1110 g/mol. The Balaban J connectivity index is 0.000000221. The number of aromatic nitrogens is 2. The molecular weight excluding hydrogens is 1050 g/mol. The van der Waals surface area contributed by atoms with Crippen LogP contribution in [0.1, 0.15) is 29.2 Å². The highest BCUT2D eigenvalue weighted by Crippen LogP contribution is 2.38. The number of hydrogen-bond acceptors (Lipinski definition) is 13. The molecule has 396 valence electrons. The van der Waals surface area contributed by atoms with Crippen LogP contribution in [0.5, 0.6) is 0 Å². The smallest absolute Gasteiger partial charge is 0.326 e. The molecule has 0 bridgehead atoms. The quantitative estimate of drug-likeness (QED) is 0.0843. The van der Waals surface area contributed by atoms with E-state index in [1.807, 2.05) is 27.7 Å². The Hall–Kier alpha value is -7.92. The second-order valence-corrected chi connectivity index (χ2v) is 25.1. The van der Waals surface area contributed by atoms with Crippen LogP contribution in [0.4, 0.5) is 23.0 Å². The maximum atomic E-state index is 13.8. The number of rotatable bonds is 17. The third-order valence-electron chi connectivity index (χ3n) is 12.1. The Bertz CT molecular complexity index is 3920. The summed E-state index contributed by atoms with van der Waals surface area (Å²) in [5.74, 6) is -1.91. The molecule has 18 nitrogen and oxygen atoms in total. The normalized spacial score (nSPS) is 11.8. The van der Waals surface area contributed by atoms with Gasteiger partial charge in [-0.15, -0.1) is 0 Å². The summed E-state index contributed by atoms with van der Waals surface area (Å²) in [4.78, 5) is 33.1. The number of carbonyl (C=O) groups excluding carboxylic acids is 1. The fourth-order valence-corrected chi connectivity index (χ4v) is 13.1. The number of esters is 1. The van der Waals surface area contributed by atoms with Gasteiger partial charge in [-0.2, -0.15) is 0 Å². The van der Waals surface area contributed by atoms with Crippen LogP contribution >= 0.6 is 0 Å². The van der Waals surface area contributed by atoms with Gasteiger partial charge < -0.3 is 9.84 Å². The molecule has 2 aromatic heterocycles. The second kappa shape index (κ2) is 22.5. The molecule has 0 saturated carbocycles. The van der Waals surface area contributed by atoms with Gasteiger partial charge in [-0.3, -0.25) is 26.8 Å². The van der Waals surface area contributed by atoms with Crippen molar-refractivity contribution in [1.29, 1.82) is 0 Å². The van der Waals surface area contributed by atoms with Gasteiger partial charge in [0.25, 0.3) is 40.1 Å². The van der Waals surface area contributed by atoms with Crippen LogP contribution in [0.2, 0.25) is 0 Å². The molecule has 6 aromatic carbocycles. The summed E-state index contributed by atoms with van der Waals surface area (Å²) in [6, 6.07) is 38.4. The van der Waals surface area contributed by atoms with E-state index in [0.29, 0.717) is 21.5 Å². The first-order valence-corrected chi connectivity index (χ1v) is 29.1. The number of sulfonamides is 4. The molecule has 22 heteroatoms. The fourth-order valence-electron chi connectivity index (χ4n) is 7.91. The van der Waals surface area contributed by atoms with Crippen LogP contribution < -0.4 is 17.2 Å². The lowest BCUT2D eigenvalue weighted by Crippen LogP contribution is -2.37. The Morgan fingerprint density at radius 3 is 1.04 bits per heavy atom. The second-order valence-electron chi connectivity index (χ2n) is 17.4. The molecule has 0 spiro atoms. The third kappa shape index (κ3) is 11.6. The van der Waals surface area contributed by atoms with Crippen molar-refractivity contribution in [2.75, 3.05) is 51.0 Å². The summed E-state index contributed by atoms with van der Waals surface area (Å²) in [7, 11) is -13.7. The maximum absolute atomic E-state index is 13.8. The number of benzene rings is 6. The van der Waals surface area contributed by atoms with Crippen LogP contribution in [-0.4, -0.2) is 94.5 Å². The number of carbonyl (C=O) groups is 2. The zero-order valence-corrected chi connectivity index (χ0v) is 45.7. The molecule has 0 aliphatic carbocycles. The lowest BCUT2D eigenvalue weighted by atomic mass is 10.1. The molecule has 0 fully saturated rings. The van der Waals surface area contributed by atoms with E-state index < -0.39 is 65.1 Å². The number of ether oxygens (including phenoxy) is 1. The van der Waals surface area contributed by atoms with Crippen LogP contribution in [0.25, 0.3) is 21.5 Å². The van der Waals surface area contributed by atoms with Gasteiger partial charge in [0.1, 0.15) is 24.7 Å². The molecule has 76 heavy (non-hydrogen) atoms. The minimum Gasteiger partial charge on any atom is -0.480 e. The number of pyridine rings is 2. The topological polar surface area (TPSA) is 239 Å². The Morgan fingerprint density at radius 1 is 0.447 bits per heavy atom. The van der Waals surface area contributed by atoms with Gasteiger partial charge in [-0.05, 0) is 83.1 Å². The highest BCUT2D eigenvalue weighted by Gasteiger charge is 2.33. The largest absolute Gasteiger partial charge is 0.480 e. The minimum absolute atomic E-state index is 0.00961. The molecule has 0 radical (unpaired) electrons. The standard InChI is InChI=1S/C28H29N3O6S2.C26H25N3O6S2/c1-5-37-27(32)19-31(39(35,36)23-16-12-21(3)13-17-23)26-18-29-28(25-9-7-6-8-24(25)26)30(4)38(33,34)22-14-10-20(2)11-15-22;1-18-8-12-20(13-9-18)36(32,33)28(3)26-23-7-5-4-6-22(23)24(16-27-26)29(17-25(30)31)37(34,35)21-14-10-19(2)11-15-21/h6-18H,5,19H2,1-4H3;4-16H,17H2,1-3H3,(H,30,31). The van der Waals surface area contributed by atoms with Crippen molar-refractivity contribution in [2.45, 2.75) is 54.2 Å². The van der Waals surface area contributed by atoms with Crippen LogP contribution in [0.15, 0.2) is 178 Å². The van der Waals surface area contributed by atoms with Gasteiger partial charge in [-0.1, -0.05) is 119 Å². The predicted octanol–water partition coefficient (Wildman–Crippen LogP) is 8.39. The zero-order valence-electron chi connectivity index (χ0n) is 42.4. The molecule has 0 atom stereocenters. The van der Waals surface area contributed by atoms with E-state index in [-0.39, 0.29) is 49.2 Å². The number of aryl methyl sites for hydroxylation is 4. The third-order valence-corrected chi connectivity index (χ3v) is 19.1. The summed E-state index contributed by atoms with van der Waals surface area (Å²) in [6.45, 7) is 7.63. The number of fused-ring (bicyclic) bond motifs is 2. The highest BCUT2D eigenvalue weighted by atomic mass is 32.2. The number of hydrogen-bond donors (Lipinski definition) is 1. The van der Waals surface area contributed by atoms with Crippen LogP contribution in [0.3, 0.4) is 0 Å². The van der Waals surface area contributed by atoms with Crippen molar-refractivity contribution < 1.29 is 53.1 Å². The molecule has 8 aromatic rings. The zero-order chi connectivity index (χ0) is 55.3. The van der Waals surface area contributed by atoms with Gasteiger partial charge in [0, 0.05) is 35.6 Å². The summed E-state index contributed by atoms with van der Waals surface area (Å²) in [6.07, 6.45) is 2.46. The summed E-state index contributed by atoms with van der Waals surface area (Å²) < 4.78 is 117. The Kier molecular flexibility index (Phi) is 16.5. The molecular formula is C54H54N6O12S4. The molecule has 1 N–H and O–H groups in total. The van der Waals surface area contributed by atoms with Crippen molar-refractivity contribution in [3.63, 3.8) is 0 Å². The van der Waals surface area contributed by atoms with E-state index in [2.05, 4.69) is 9.97 Å². The van der Waals surface area contributed by atoms with Gasteiger partial charge in [0.2, 0.25) is 0 Å². The monoisotopic (exact) mass is 1110 g/mol. The Labute approximate surface area is 442 Å². The van der Waals surface area contributed by atoms with E-state index in [0.717, 1.165) is 39.5 Å². The van der Waals surface area contributed by atoms with Crippen molar-refractivity contribution in [3.8, 4) is 0 Å². The number of carboxylic acids is 1. The lowest BCUT2D eigenvalue weighted by molar-refractivity contribution is -0.141. The first kappa shape index (κ1) is 55.8. The average Bonchev–Trinajstić information content (AvgIpc) is 3.40. The van der Waals surface area contributed by atoms with Crippen molar-refractivity contribution in [1.82, 2.24) is 9.97 Å². The molecule has 0 unspecified atom stereocenters. The van der Waals surface area contributed by atoms with E-state index in [1.165, 1.54) is 75.0 Å². The van der Waals surface area contributed by atoms with Crippen molar-refractivity contribution >= 4 is 96.6 Å². The van der Waals surface area contributed by atoms with Crippen molar-refractivity contribution in [3.05, 3.63) is 180 Å². The van der Waals surface area contributed by atoms with E-state index in [1.54, 1.807) is 104 Å². The number of carboxylic acid groups (broad SMARTS) is 1. The van der Waals surface area contributed by atoms with Gasteiger partial charge in [0.15, 0.2) is 0 Å². The molecule has 2 heterocycles. The fraction of sp³-hybridized carbons (Fsp3) is 0.185. The summed E-state index contributed by atoms with van der Waals surface area (Å²) in [5, 5.41) is 11.0. The number of anilines is 4. The summed E-state index contributed by atoms with van der Waals surface area (Å²) in [5.41, 5.74) is 3.68. The van der Waals surface area contributed by atoms with Gasteiger partial charge in [-0.25, -0.2) is 43.6 Å². The molecule has 0 aliphatic heterocycles. The van der Waals surface area contributed by atoms with Crippen molar-refractivity contribution in [2.24, 2.45) is 0 Å². The number of nitrogens with zero attached hydrogens (tertiary/aromatic N) is 6. The van der Waals surface area contributed by atoms with Crippen LogP contribution in [-0.2, 0) is 54.4 Å².